The zero-order chi connectivity index (χ0) is 13.8. The van der Waals surface area contributed by atoms with E-state index in [9.17, 15) is 0 Å². The molecule has 0 amide bonds. The Labute approximate surface area is 122 Å². The maximum Gasteiger partial charge on any atom is 0.124 e. The molecule has 100 valence electrons. The van der Waals surface area contributed by atoms with E-state index in [-0.39, 0.29) is 5.38 Å². The van der Waals surface area contributed by atoms with Crippen LogP contribution in [0.2, 0.25) is 5.02 Å². The van der Waals surface area contributed by atoms with Crippen molar-refractivity contribution in [1.82, 2.24) is 0 Å². The number of ether oxygens (including phenoxy) is 2. The molecule has 0 heterocycles. The van der Waals surface area contributed by atoms with Crippen molar-refractivity contribution in [2.45, 2.75) is 5.38 Å². The molecule has 0 saturated heterocycles. The minimum Gasteiger partial charge on any atom is -0.497 e. The standard InChI is InChI=1S/C15H14Cl2O2/c1-18-12-7-8-14(19-2)13(9-12)15(17)10-3-5-11(16)6-4-10/h3-9,15H,1-2H3. The summed E-state index contributed by atoms with van der Waals surface area (Å²) >= 11 is 12.4. The second-order valence-electron chi connectivity index (χ2n) is 4.02. The van der Waals surface area contributed by atoms with E-state index in [2.05, 4.69) is 0 Å². The minimum absolute atomic E-state index is 0.317. The third kappa shape index (κ3) is 3.14. The SMILES string of the molecule is COc1ccc(OC)c(C(Cl)c2ccc(Cl)cc2)c1. The Kier molecular flexibility index (Phi) is 4.56. The largest absolute Gasteiger partial charge is 0.497 e. The van der Waals surface area contributed by atoms with Gasteiger partial charge in [-0.25, -0.2) is 0 Å². The topological polar surface area (TPSA) is 18.5 Å². The fourth-order valence-electron chi connectivity index (χ4n) is 1.85. The van der Waals surface area contributed by atoms with Crippen LogP contribution in [0, 0.1) is 0 Å². The number of rotatable bonds is 4. The smallest absolute Gasteiger partial charge is 0.124 e. The molecule has 2 rings (SSSR count). The zero-order valence-electron chi connectivity index (χ0n) is 10.7. The van der Waals surface area contributed by atoms with Gasteiger partial charge in [0.25, 0.3) is 0 Å². The van der Waals surface area contributed by atoms with Gasteiger partial charge in [-0.15, -0.1) is 11.6 Å². The second kappa shape index (κ2) is 6.18. The predicted octanol–water partition coefficient (Wildman–Crippen LogP) is 4.69. The first-order valence-electron chi connectivity index (χ1n) is 5.77. The van der Waals surface area contributed by atoms with Gasteiger partial charge in [0.15, 0.2) is 0 Å². The van der Waals surface area contributed by atoms with Gasteiger partial charge in [-0.2, -0.15) is 0 Å². The molecular weight excluding hydrogens is 283 g/mol. The normalized spacial score (nSPS) is 12.0. The summed E-state index contributed by atoms with van der Waals surface area (Å²) in [7, 11) is 3.24. The number of benzene rings is 2. The Morgan fingerprint density at radius 1 is 0.947 bits per heavy atom. The molecule has 0 spiro atoms. The number of hydrogen-bond donors (Lipinski definition) is 0. The van der Waals surface area contributed by atoms with Crippen LogP contribution in [0.1, 0.15) is 16.5 Å². The van der Waals surface area contributed by atoms with Crippen molar-refractivity contribution in [3.05, 3.63) is 58.6 Å². The molecule has 0 aliphatic heterocycles. The minimum atomic E-state index is -0.317. The molecule has 0 aliphatic carbocycles. The number of halogens is 2. The summed E-state index contributed by atoms with van der Waals surface area (Å²) in [6.45, 7) is 0. The average molecular weight is 297 g/mol. The number of hydrogen-bond acceptors (Lipinski definition) is 2. The third-order valence-electron chi connectivity index (χ3n) is 2.87. The molecule has 4 heteroatoms. The zero-order valence-corrected chi connectivity index (χ0v) is 12.2. The average Bonchev–Trinajstić information content (AvgIpc) is 2.46. The third-order valence-corrected chi connectivity index (χ3v) is 3.61. The molecule has 2 nitrogen and oxygen atoms in total. The van der Waals surface area contributed by atoms with E-state index in [1.54, 1.807) is 14.2 Å². The lowest BCUT2D eigenvalue weighted by atomic mass is 10.0. The van der Waals surface area contributed by atoms with Gasteiger partial charge in [-0.3, -0.25) is 0 Å². The van der Waals surface area contributed by atoms with Crippen molar-refractivity contribution < 1.29 is 9.47 Å². The van der Waals surface area contributed by atoms with Crippen LogP contribution in [0.3, 0.4) is 0 Å². The maximum absolute atomic E-state index is 6.52. The highest BCUT2D eigenvalue weighted by molar-refractivity contribution is 6.30. The first-order chi connectivity index (χ1) is 9.15. The van der Waals surface area contributed by atoms with Gasteiger partial charge in [-0.05, 0) is 35.9 Å². The van der Waals surface area contributed by atoms with Gasteiger partial charge >= 0.3 is 0 Å². The molecule has 0 aliphatic rings. The van der Waals surface area contributed by atoms with Gasteiger partial charge in [0, 0.05) is 10.6 Å². The molecule has 0 saturated carbocycles. The Balaban J connectivity index is 2.41. The van der Waals surface area contributed by atoms with Crippen LogP contribution in [0.25, 0.3) is 0 Å². The molecule has 0 bridgehead atoms. The Morgan fingerprint density at radius 3 is 2.21 bits per heavy atom. The molecule has 0 fully saturated rings. The molecule has 2 aromatic carbocycles. The fraction of sp³-hybridized carbons (Fsp3) is 0.200. The van der Waals surface area contributed by atoms with Crippen LogP contribution in [0.15, 0.2) is 42.5 Å². The summed E-state index contributed by atoms with van der Waals surface area (Å²) in [5, 5.41) is 0.368. The lowest BCUT2D eigenvalue weighted by Crippen LogP contribution is -1.98. The first kappa shape index (κ1) is 14.0. The van der Waals surface area contributed by atoms with E-state index < -0.39 is 0 Å². The molecule has 0 radical (unpaired) electrons. The van der Waals surface area contributed by atoms with E-state index in [1.807, 2.05) is 42.5 Å². The van der Waals surface area contributed by atoms with Crippen molar-refractivity contribution in [1.29, 1.82) is 0 Å². The highest BCUT2D eigenvalue weighted by Gasteiger charge is 2.16. The molecule has 1 atom stereocenters. The first-order valence-corrected chi connectivity index (χ1v) is 6.58. The second-order valence-corrected chi connectivity index (χ2v) is 4.89. The molecule has 19 heavy (non-hydrogen) atoms. The highest BCUT2D eigenvalue weighted by Crippen LogP contribution is 2.37. The summed E-state index contributed by atoms with van der Waals surface area (Å²) in [5.41, 5.74) is 1.82. The lowest BCUT2D eigenvalue weighted by molar-refractivity contribution is 0.399. The Hall–Kier alpha value is -1.38. The molecule has 1 unspecified atom stereocenters. The van der Waals surface area contributed by atoms with Gasteiger partial charge in [0.1, 0.15) is 11.5 Å². The molecule has 2 aromatic rings. The maximum atomic E-state index is 6.52. The van der Waals surface area contributed by atoms with Crippen molar-refractivity contribution in [3.63, 3.8) is 0 Å². The number of methoxy groups -OCH3 is 2. The van der Waals surface area contributed by atoms with E-state index in [1.165, 1.54) is 0 Å². The lowest BCUT2D eigenvalue weighted by Gasteiger charge is -2.15. The molecule has 0 N–H and O–H groups in total. The van der Waals surface area contributed by atoms with Crippen LogP contribution < -0.4 is 9.47 Å². The highest BCUT2D eigenvalue weighted by atomic mass is 35.5. The monoisotopic (exact) mass is 296 g/mol. The van der Waals surface area contributed by atoms with E-state index in [0.29, 0.717) is 5.02 Å². The van der Waals surface area contributed by atoms with Crippen LogP contribution in [-0.4, -0.2) is 14.2 Å². The fourth-order valence-corrected chi connectivity index (χ4v) is 2.29. The summed E-state index contributed by atoms with van der Waals surface area (Å²) in [6, 6.07) is 13.0. The predicted molar refractivity (Wildman–Crippen MR) is 78.7 cm³/mol. The molecule has 0 aromatic heterocycles. The summed E-state index contributed by atoms with van der Waals surface area (Å²) in [5.74, 6) is 1.48. The van der Waals surface area contributed by atoms with Crippen LogP contribution in [0.4, 0.5) is 0 Å². The van der Waals surface area contributed by atoms with Crippen LogP contribution in [-0.2, 0) is 0 Å². The molecular formula is C15H14Cl2O2. The Bertz CT molecular complexity index is 553. The summed E-state index contributed by atoms with van der Waals surface area (Å²) in [4.78, 5) is 0. The van der Waals surface area contributed by atoms with E-state index >= 15 is 0 Å². The van der Waals surface area contributed by atoms with Gasteiger partial charge < -0.3 is 9.47 Å². The van der Waals surface area contributed by atoms with Crippen molar-refractivity contribution >= 4 is 23.2 Å². The van der Waals surface area contributed by atoms with Gasteiger partial charge in [0.2, 0.25) is 0 Å². The van der Waals surface area contributed by atoms with Gasteiger partial charge in [-0.1, -0.05) is 23.7 Å². The van der Waals surface area contributed by atoms with Crippen LogP contribution >= 0.6 is 23.2 Å². The Morgan fingerprint density at radius 2 is 1.63 bits per heavy atom. The van der Waals surface area contributed by atoms with E-state index in [0.717, 1.165) is 22.6 Å². The van der Waals surface area contributed by atoms with Crippen molar-refractivity contribution in [2.75, 3.05) is 14.2 Å². The summed E-state index contributed by atoms with van der Waals surface area (Å²) in [6.07, 6.45) is 0. The van der Waals surface area contributed by atoms with E-state index in [4.69, 9.17) is 32.7 Å². The number of alkyl halides is 1. The van der Waals surface area contributed by atoms with Crippen molar-refractivity contribution in [3.8, 4) is 11.5 Å². The quantitative estimate of drug-likeness (QED) is 0.762. The van der Waals surface area contributed by atoms with Crippen molar-refractivity contribution in [2.24, 2.45) is 0 Å². The summed E-state index contributed by atoms with van der Waals surface area (Å²) < 4.78 is 10.6. The van der Waals surface area contributed by atoms with Crippen LogP contribution in [0.5, 0.6) is 11.5 Å². The van der Waals surface area contributed by atoms with Gasteiger partial charge in [0.05, 0.1) is 19.6 Å².